The Kier molecular flexibility index (Phi) is 5.30. The molecule has 1 nitrogen and oxygen atoms in total. The Labute approximate surface area is 65.2 Å². The molecule has 0 spiro atoms. The van der Waals surface area contributed by atoms with Crippen LogP contribution in [0.3, 0.4) is 0 Å². The fraction of sp³-hybridized carbons (Fsp3) is 0.833. The van der Waals surface area contributed by atoms with Crippen molar-refractivity contribution in [2.45, 2.75) is 13.8 Å². The first kappa shape index (κ1) is 9.31. The van der Waals surface area contributed by atoms with Gasteiger partial charge in [0, 0.05) is 17.6 Å². The fourth-order valence-corrected chi connectivity index (χ4v) is 1.15. The van der Waals surface area contributed by atoms with Crippen molar-refractivity contribution in [3.63, 3.8) is 0 Å². The highest BCUT2D eigenvalue weighted by atomic mass is 35.5. The molecule has 0 amide bonds. The first-order valence-corrected chi connectivity index (χ1v) is 4.43. The monoisotopic (exact) mass is 166 g/mol. The van der Waals surface area contributed by atoms with Gasteiger partial charge >= 0.3 is 0 Å². The smallest absolute Gasteiger partial charge is 0.191 e. The summed E-state index contributed by atoms with van der Waals surface area (Å²) in [5.74, 6) is 1.43. The lowest BCUT2D eigenvalue weighted by atomic mass is 10.3. The molecule has 0 radical (unpaired) electrons. The minimum Gasteiger partial charge on any atom is -0.287 e. The lowest BCUT2D eigenvalue weighted by Crippen LogP contribution is -2.02. The Morgan fingerprint density at radius 2 is 2.22 bits per heavy atom. The molecule has 9 heavy (non-hydrogen) atoms. The van der Waals surface area contributed by atoms with Gasteiger partial charge in [-0.15, -0.1) is 11.6 Å². The van der Waals surface area contributed by atoms with E-state index in [1.165, 1.54) is 11.8 Å². The van der Waals surface area contributed by atoms with E-state index in [9.17, 15) is 4.79 Å². The molecule has 0 aliphatic carbocycles. The zero-order chi connectivity index (χ0) is 7.28. The van der Waals surface area contributed by atoms with Gasteiger partial charge in [0.1, 0.15) is 0 Å². The van der Waals surface area contributed by atoms with Gasteiger partial charge in [0.25, 0.3) is 0 Å². The topological polar surface area (TPSA) is 17.1 Å². The minimum atomic E-state index is 0.137. The lowest BCUT2D eigenvalue weighted by Gasteiger charge is -1.99. The summed E-state index contributed by atoms with van der Waals surface area (Å²) in [5, 5.41) is 0.232. The van der Waals surface area contributed by atoms with E-state index in [4.69, 9.17) is 11.6 Å². The molecule has 0 saturated carbocycles. The van der Waals surface area contributed by atoms with E-state index in [-0.39, 0.29) is 11.0 Å². The van der Waals surface area contributed by atoms with Gasteiger partial charge in [-0.3, -0.25) is 4.79 Å². The molecule has 0 aromatic carbocycles. The van der Waals surface area contributed by atoms with E-state index in [2.05, 4.69) is 0 Å². The Hall–Kier alpha value is 0.310. The van der Waals surface area contributed by atoms with Crippen LogP contribution in [0.15, 0.2) is 0 Å². The largest absolute Gasteiger partial charge is 0.287 e. The van der Waals surface area contributed by atoms with E-state index in [1.807, 2.05) is 13.8 Å². The fourth-order valence-electron chi connectivity index (χ4n) is 0.306. The summed E-state index contributed by atoms with van der Waals surface area (Å²) in [6.45, 7) is 3.78. The average molecular weight is 167 g/mol. The van der Waals surface area contributed by atoms with Crippen molar-refractivity contribution in [3.05, 3.63) is 0 Å². The number of hydrogen-bond acceptors (Lipinski definition) is 2. The molecule has 0 fully saturated rings. The van der Waals surface area contributed by atoms with Gasteiger partial charge in [-0.25, -0.2) is 0 Å². The summed E-state index contributed by atoms with van der Waals surface area (Å²) in [5.41, 5.74) is 0. The first-order chi connectivity index (χ1) is 4.18. The third-order valence-electron chi connectivity index (χ3n) is 0.793. The first-order valence-electron chi connectivity index (χ1n) is 2.91. The standard InChI is InChI=1S/C6H11ClOS/c1-5(2)6(8)9-4-3-7/h5H,3-4H2,1-2H3. The van der Waals surface area contributed by atoms with Crippen molar-refractivity contribution in [1.82, 2.24) is 0 Å². The molecule has 0 rings (SSSR count). The number of carbonyl (C=O) groups is 1. The quantitative estimate of drug-likeness (QED) is 0.598. The van der Waals surface area contributed by atoms with E-state index in [0.29, 0.717) is 5.88 Å². The molecule has 0 aliphatic rings. The van der Waals surface area contributed by atoms with E-state index in [1.54, 1.807) is 0 Å². The zero-order valence-corrected chi connectivity index (χ0v) is 7.26. The van der Waals surface area contributed by atoms with Crippen LogP contribution in [-0.2, 0) is 4.79 Å². The van der Waals surface area contributed by atoms with Gasteiger partial charge in [-0.05, 0) is 0 Å². The molecular formula is C6H11ClOS. The highest BCUT2D eigenvalue weighted by Gasteiger charge is 2.05. The normalized spacial score (nSPS) is 10.2. The van der Waals surface area contributed by atoms with Crippen LogP contribution >= 0.6 is 23.4 Å². The van der Waals surface area contributed by atoms with Gasteiger partial charge in [0.15, 0.2) is 5.12 Å². The Morgan fingerprint density at radius 1 is 1.67 bits per heavy atom. The Morgan fingerprint density at radius 3 is 2.56 bits per heavy atom. The number of alkyl halides is 1. The minimum absolute atomic E-state index is 0.137. The maximum atomic E-state index is 10.8. The lowest BCUT2D eigenvalue weighted by molar-refractivity contribution is -0.113. The van der Waals surface area contributed by atoms with Gasteiger partial charge in [0.05, 0.1) is 0 Å². The highest BCUT2D eigenvalue weighted by Crippen LogP contribution is 2.09. The van der Waals surface area contributed by atoms with Crippen LogP contribution in [0.25, 0.3) is 0 Å². The van der Waals surface area contributed by atoms with Crippen molar-refractivity contribution in [3.8, 4) is 0 Å². The molecule has 0 atom stereocenters. The molecule has 0 heterocycles. The van der Waals surface area contributed by atoms with Crippen LogP contribution in [0.2, 0.25) is 0 Å². The maximum absolute atomic E-state index is 10.8. The number of rotatable bonds is 3. The summed E-state index contributed by atoms with van der Waals surface area (Å²) >= 11 is 6.69. The van der Waals surface area contributed by atoms with Crippen LogP contribution in [0.4, 0.5) is 0 Å². The van der Waals surface area contributed by atoms with Crippen LogP contribution in [0.5, 0.6) is 0 Å². The SMILES string of the molecule is CC(C)C(=O)SCCCl. The highest BCUT2D eigenvalue weighted by molar-refractivity contribution is 8.13. The second-order valence-corrected chi connectivity index (χ2v) is 3.49. The second kappa shape index (κ2) is 5.12. The van der Waals surface area contributed by atoms with Gasteiger partial charge in [-0.2, -0.15) is 0 Å². The van der Waals surface area contributed by atoms with Crippen molar-refractivity contribution >= 4 is 28.5 Å². The number of hydrogen-bond donors (Lipinski definition) is 0. The molecule has 0 bridgehead atoms. The molecular weight excluding hydrogens is 156 g/mol. The summed E-state index contributed by atoms with van der Waals surface area (Å²) in [4.78, 5) is 10.8. The molecule has 54 valence electrons. The van der Waals surface area contributed by atoms with E-state index < -0.39 is 0 Å². The van der Waals surface area contributed by atoms with Crippen molar-refractivity contribution in [2.75, 3.05) is 11.6 Å². The third kappa shape index (κ3) is 4.79. The summed E-state index contributed by atoms with van der Waals surface area (Å²) in [6.07, 6.45) is 0. The Bertz CT molecular complexity index is 93.1. The molecule has 0 unspecified atom stereocenters. The van der Waals surface area contributed by atoms with Gasteiger partial charge in [-0.1, -0.05) is 25.6 Å². The van der Waals surface area contributed by atoms with Crippen LogP contribution in [0.1, 0.15) is 13.8 Å². The summed E-state index contributed by atoms with van der Waals surface area (Å²) < 4.78 is 0. The van der Waals surface area contributed by atoms with Crippen molar-refractivity contribution in [1.29, 1.82) is 0 Å². The maximum Gasteiger partial charge on any atom is 0.191 e. The number of thioether (sulfide) groups is 1. The predicted octanol–water partition coefficient (Wildman–Crippen LogP) is 2.14. The zero-order valence-electron chi connectivity index (χ0n) is 5.69. The van der Waals surface area contributed by atoms with Crippen molar-refractivity contribution < 1.29 is 4.79 Å². The number of carbonyl (C=O) groups excluding carboxylic acids is 1. The molecule has 0 N–H and O–H groups in total. The van der Waals surface area contributed by atoms with Gasteiger partial charge < -0.3 is 0 Å². The molecule has 0 saturated heterocycles. The van der Waals surface area contributed by atoms with Crippen LogP contribution < -0.4 is 0 Å². The summed E-state index contributed by atoms with van der Waals surface area (Å²) in [6, 6.07) is 0. The molecule has 0 aromatic heterocycles. The molecule has 3 heteroatoms. The molecule has 0 aromatic rings. The van der Waals surface area contributed by atoms with E-state index in [0.717, 1.165) is 5.75 Å². The molecule has 0 aliphatic heterocycles. The Balaban J connectivity index is 3.28. The number of halogens is 1. The summed E-state index contributed by atoms with van der Waals surface area (Å²) in [7, 11) is 0. The van der Waals surface area contributed by atoms with Crippen LogP contribution in [-0.4, -0.2) is 16.7 Å². The average Bonchev–Trinajstić information content (AvgIpc) is 1.82. The van der Waals surface area contributed by atoms with Gasteiger partial charge in [0.2, 0.25) is 0 Å². The van der Waals surface area contributed by atoms with E-state index >= 15 is 0 Å². The third-order valence-corrected chi connectivity index (χ3v) is 2.37. The second-order valence-electron chi connectivity index (χ2n) is 2.01. The van der Waals surface area contributed by atoms with Crippen molar-refractivity contribution in [2.24, 2.45) is 5.92 Å². The van der Waals surface area contributed by atoms with Crippen LogP contribution in [0, 0.1) is 5.92 Å². The predicted molar refractivity (Wildman–Crippen MR) is 43.0 cm³/mol.